The number of carbonyl (C=O) groups excluding carboxylic acids is 5. The highest BCUT2D eigenvalue weighted by molar-refractivity contribution is 6.09. The molecule has 2 atom stereocenters. The molecule has 3 rings (SSSR count). The maximum absolute atomic E-state index is 12.8. The fourth-order valence-electron chi connectivity index (χ4n) is 4.59. The summed E-state index contributed by atoms with van der Waals surface area (Å²) in [6, 6.07) is -1.20. The molecule has 1 spiro atoms. The molecule has 10 heteroatoms. The van der Waals surface area contributed by atoms with Crippen molar-refractivity contribution in [2.24, 2.45) is 5.92 Å². The summed E-state index contributed by atoms with van der Waals surface area (Å²) in [5.74, 6) is -2.10. The van der Waals surface area contributed by atoms with Crippen LogP contribution in [0.2, 0.25) is 0 Å². The van der Waals surface area contributed by atoms with E-state index in [1.54, 1.807) is 0 Å². The first-order chi connectivity index (χ1) is 14.3. The molecule has 2 saturated carbocycles. The Bertz CT molecular complexity index is 720. The Labute approximate surface area is 175 Å². The van der Waals surface area contributed by atoms with Gasteiger partial charge >= 0.3 is 18.0 Å². The van der Waals surface area contributed by atoms with Crippen LogP contribution in [0.1, 0.15) is 64.7 Å². The van der Waals surface area contributed by atoms with Crippen LogP contribution < -0.4 is 16.0 Å². The van der Waals surface area contributed by atoms with Crippen molar-refractivity contribution in [2.75, 3.05) is 13.2 Å². The summed E-state index contributed by atoms with van der Waals surface area (Å²) in [5.41, 5.74) is -0.954. The first kappa shape index (κ1) is 22.0. The molecule has 1 heterocycles. The van der Waals surface area contributed by atoms with E-state index in [1.807, 2.05) is 6.92 Å². The molecule has 6 amide bonds. The summed E-state index contributed by atoms with van der Waals surface area (Å²) in [6.45, 7) is 0.685. The van der Waals surface area contributed by atoms with E-state index in [4.69, 9.17) is 4.74 Å². The molecule has 0 bridgehead atoms. The Kier molecular flexibility index (Phi) is 6.94. The third kappa shape index (κ3) is 4.91. The average Bonchev–Trinajstić information content (AvgIpc) is 2.94. The van der Waals surface area contributed by atoms with Gasteiger partial charge in [-0.15, -0.1) is 0 Å². The quantitative estimate of drug-likeness (QED) is 0.450. The minimum atomic E-state index is -0.954. The molecule has 0 unspecified atom stereocenters. The van der Waals surface area contributed by atoms with Gasteiger partial charge in [0.1, 0.15) is 12.1 Å². The van der Waals surface area contributed by atoms with Crippen molar-refractivity contribution in [3.63, 3.8) is 0 Å². The van der Waals surface area contributed by atoms with Crippen LogP contribution in [0.25, 0.3) is 0 Å². The highest BCUT2D eigenvalue weighted by Crippen LogP contribution is 2.38. The highest BCUT2D eigenvalue weighted by atomic mass is 16.5. The van der Waals surface area contributed by atoms with Crippen LogP contribution in [-0.4, -0.2) is 59.5 Å². The lowest BCUT2D eigenvalue weighted by molar-refractivity contribution is -0.151. The van der Waals surface area contributed by atoms with E-state index in [0.29, 0.717) is 6.42 Å². The Morgan fingerprint density at radius 1 is 1.10 bits per heavy atom. The molecule has 3 fully saturated rings. The molecule has 1 aliphatic heterocycles. The molecule has 166 valence electrons. The van der Waals surface area contributed by atoms with E-state index >= 15 is 0 Å². The van der Waals surface area contributed by atoms with Crippen molar-refractivity contribution in [3.05, 3.63) is 0 Å². The van der Waals surface area contributed by atoms with Crippen LogP contribution in [-0.2, 0) is 19.1 Å². The number of esters is 1. The second-order valence-corrected chi connectivity index (χ2v) is 8.46. The van der Waals surface area contributed by atoms with Gasteiger partial charge in [0.2, 0.25) is 0 Å². The lowest BCUT2D eigenvalue weighted by Gasteiger charge is -2.36. The summed E-state index contributed by atoms with van der Waals surface area (Å²) >= 11 is 0. The monoisotopic (exact) mass is 422 g/mol. The lowest BCUT2D eigenvalue weighted by atomic mass is 9.73. The van der Waals surface area contributed by atoms with Gasteiger partial charge in [-0.3, -0.25) is 24.6 Å². The Morgan fingerprint density at radius 2 is 1.80 bits per heavy atom. The molecule has 1 saturated heterocycles. The second kappa shape index (κ2) is 9.44. The predicted octanol–water partition coefficient (Wildman–Crippen LogP) is 1.19. The molecule has 3 aliphatic rings. The first-order valence-electron chi connectivity index (χ1n) is 10.7. The number of nitrogens with one attached hydrogen (secondary N) is 3. The number of rotatable bonds is 5. The minimum absolute atomic E-state index is 0.0165. The van der Waals surface area contributed by atoms with Crippen molar-refractivity contribution in [3.8, 4) is 0 Å². The molecule has 30 heavy (non-hydrogen) atoms. The standard InChI is InChI=1S/C20H30N4O6/c1-13-7-5-6-10-20(13)17(27)24(19(29)23-20)11-16(26)30-12-15(25)22-18(28)21-14-8-3-2-4-9-14/h13-14H,2-12H2,1H3,(H,23,29)(H2,21,22,25,28)/t13-,20-/m1/s1. The number of nitrogens with zero attached hydrogens (tertiary/aromatic N) is 1. The Hall–Kier alpha value is -2.65. The first-order valence-corrected chi connectivity index (χ1v) is 10.7. The zero-order valence-electron chi connectivity index (χ0n) is 17.3. The van der Waals surface area contributed by atoms with Crippen molar-refractivity contribution >= 4 is 29.8 Å². The minimum Gasteiger partial charge on any atom is -0.454 e. The number of imide groups is 2. The fraction of sp³-hybridized carbons (Fsp3) is 0.750. The molecule has 0 aromatic carbocycles. The van der Waals surface area contributed by atoms with E-state index in [9.17, 15) is 24.0 Å². The number of amides is 6. The van der Waals surface area contributed by atoms with E-state index in [0.717, 1.165) is 56.3 Å². The van der Waals surface area contributed by atoms with Gasteiger partial charge in [-0.05, 0) is 31.6 Å². The molecule has 0 aromatic rings. The predicted molar refractivity (Wildman–Crippen MR) is 105 cm³/mol. The summed E-state index contributed by atoms with van der Waals surface area (Å²) in [4.78, 5) is 61.7. The van der Waals surface area contributed by atoms with Crippen LogP contribution in [0.5, 0.6) is 0 Å². The third-order valence-electron chi connectivity index (χ3n) is 6.35. The molecule has 0 aromatic heterocycles. The maximum atomic E-state index is 12.8. The topological polar surface area (TPSA) is 134 Å². The molecule has 3 N–H and O–H groups in total. The highest BCUT2D eigenvalue weighted by Gasteiger charge is 2.55. The van der Waals surface area contributed by atoms with Crippen LogP contribution >= 0.6 is 0 Å². The van der Waals surface area contributed by atoms with E-state index < -0.39 is 48.5 Å². The van der Waals surface area contributed by atoms with Crippen LogP contribution in [0, 0.1) is 5.92 Å². The molecule has 10 nitrogen and oxygen atoms in total. The summed E-state index contributed by atoms with van der Waals surface area (Å²) in [5, 5.41) is 7.60. The van der Waals surface area contributed by atoms with Crippen molar-refractivity contribution < 1.29 is 28.7 Å². The summed E-state index contributed by atoms with van der Waals surface area (Å²) in [6.07, 6.45) is 8.18. The van der Waals surface area contributed by atoms with E-state index in [-0.39, 0.29) is 12.0 Å². The zero-order chi connectivity index (χ0) is 21.7. The zero-order valence-corrected chi connectivity index (χ0v) is 17.3. The maximum Gasteiger partial charge on any atom is 0.326 e. The van der Waals surface area contributed by atoms with Crippen molar-refractivity contribution in [1.82, 2.24) is 20.9 Å². The van der Waals surface area contributed by atoms with Gasteiger partial charge in [0.05, 0.1) is 0 Å². The van der Waals surface area contributed by atoms with Gasteiger partial charge in [0.25, 0.3) is 11.8 Å². The van der Waals surface area contributed by atoms with Gasteiger partial charge in [0, 0.05) is 6.04 Å². The van der Waals surface area contributed by atoms with Gasteiger partial charge in [-0.1, -0.05) is 39.0 Å². The second-order valence-electron chi connectivity index (χ2n) is 8.46. The van der Waals surface area contributed by atoms with Gasteiger partial charge in [0.15, 0.2) is 6.61 Å². The SMILES string of the molecule is C[C@@H]1CCCC[C@@]12NC(=O)N(CC(=O)OCC(=O)NC(=O)NC1CCCCC1)C2=O. The number of hydrogen-bond donors (Lipinski definition) is 3. The molecular formula is C20H30N4O6. The van der Waals surface area contributed by atoms with Crippen LogP contribution in [0.3, 0.4) is 0 Å². The molecule has 0 radical (unpaired) electrons. The summed E-state index contributed by atoms with van der Waals surface area (Å²) in [7, 11) is 0. The van der Waals surface area contributed by atoms with Gasteiger partial charge in [-0.2, -0.15) is 0 Å². The van der Waals surface area contributed by atoms with Gasteiger partial charge in [-0.25, -0.2) is 9.59 Å². The largest absolute Gasteiger partial charge is 0.454 e. The van der Waals surface area contributed by atoms with E-state index in [1.165, 1.54) is 0 Å². The molecular weight excluding hydrogens is 392 g/mol. The van der Waals surface area contributed by atoms with Crippen LogP contribution in [0.15, 0.2) is 0 Å². The Balaban J connectivity index is 1.42. The Morgan fingerprint density at radius 3 is 2.50 bits per heavy atom. The third-order valence-corrected chi connectivity index (χ3v) is 6.35. The molecule has 2 aliphatic carbocycles. The number of urea groups is 2. The lowest BCUT2D eigenvalue weighted by Crippen LogP contribution is -2.54. The van der Waals surface area contributed by atoms with Crippen molar-refractivity contribution in [2.45, 2.75) is 76.3 Å². The summed E-state index contributed by atoms with van der Waals surface area (Å²) < 4.78 is 4.85. The normalized spacial score (nSPS) is 27.0. The number of carbonyl (C=O) groups is 5. The fourth-order valence-corrected chi connectivity index (χ4v) is 4.59. The average molecular weight is 422 g/mol. The van der Waals surface area contributed by atoms with Gasteiger partial charge < -0.3 is 15.4 Å². The number of hydrogen-bond acceptors (Lipinski definition) is 6. The van der Waals surface area contributed by atoms with Crippen molar-refractivity contribution in [1.29, 1.82) is 0 Å². The van der Waals surface area contributed by atoms with E-state index in [2.05, 4.69) is 16.0 Å². The number of ether oxygens (including phenoxy) is 1. The van der Waals surface area contributed by atoms with Crippen LogP contribution in [0.4, 0.5) is 9.59 Å². The smallest absolute Gasteiger partial charge is 0.326 e.